The first-order valence-corrected chi connectivity index (χ1v) is 7.09. The van der Waals surface area contributed by atoms with Gasteiger partial charge in [0.2, 0.25) is 0 Å². The fourth-order valence-corrected chi connectivity index (χ4v) is 1.78. The van der Waals surface area contributed by atoms with Crippen LogP contribution in [0.5, 0.6) is 0 Å². The van der Waals surface area contributed by atoms with Crippen LogP contribution in [0.1, 0.15) is 27.2 Å². The average Bonchev–Trinajstić information content (AvgIpc) is 2.44. The third-order valence-electron chi connectivity index (χ3n) is 3.41. The second-order valence-corrected chi connectivity index (χ2v) is 5.26. The first kappa shape index (κ1) is 17.2. The number of nitrogens with one attached hydrogen (secondary N) is 2. The maximum Gasteiger partial charge on any atom is 0.319 e. The topological polar surface area (TPSA) is 64.6 Å². The Balaban J connectivity index is 2.74. The Kier molecular flexibility index (Phi) is 6.42. The molecule has 1 rings (SSSR count). The van der Waals surface area contributed by atoms with E-state index >= 15 is 0 Å². The zero-order valence-corrected chi connectivity index (χ0v) is 13.0. The highest BCUT2D eigenvalue weighted by Crippen LogP contribution is 2.23. The molecule has 0 aliphatic heterocycles. The molecule has 118 valence electrons. The smallest absolute Gasteiger partial charge is 0.319 e. The molecule has 0 radical (unpaired) electrons. The number of aliphatic hydroxyl groups is 1. The Labute approximate surface area is 125 Å². The van der Waals surface area contributed by atoms with Gasteiger partial charge in [-0.05, 0) is 38.5 Å². The van der Waals surface area contributed by atoms with Crippen molar-refractivity contribution in [1.82, 2.24) is 5.32 Å². The molecule has 1 aromatic rings. The SMILES string of the molecule is CCC(CO)NC(=O)Nc1ccc(N(C)C(C)C)c(F)c1. The van der Waals surface area contributed by atoms with E-state index in [4.69, 9.17) is 5.11 Å². The van der Waals surface area contributed by atoms with Gasteiger partial charge in [0.25, 0.3) is 0 Å². The maximum atomic E-state index is 14.1. The Hall–Kier alpha value is -1.82. The van der Waals surface area contributed by atoms with Gasteiger partial charge in [0.05, 0.1) is 18.3 Å². The molecule has 6 heteroatoms. The molecule has 1 unspecified atom stereocenters. The van der Waals surface area contributed by atoms with Gasteiger partial charge in [-0.15, -0.1) is 0 Å². The second-order valence-electron chi connectivity index (χ2n) is 5.26. The molecule has 0 aliphatic rings. The number of urea groups is 1. The molecule has 0 fully saturated rings. The number of carbonyl (C=O) groups excluding carboxylic acids is 1. The first-order valence-electron chi connectivity index (χ1n) is 7.09. The van der Waals surface area contributed by atoms with Crippen molar-refractivity contribution >= 4 is 17.4 Å². The predicted octanol–water partition coefficient (Wildman–Crippen LogP) is 2.56. The largest absolute Gasteiger partial charge is 0.394 e. The number of halogens is 1. The highest BCUT2D eigenvalue weighted by Gasteiger charge is 2.13. The molecular weight excluding hydrogens is 273 g/mol. The fraction of sp³-hybridized carbons (Fsp3) is 0.533. The number of hydrogen-bond donors (Lipinski definition) is 3. The molecule has 5 nitrogen and oxygen atoms in total. The van der Waals surface area contributed by atoms with Gasteiger partial charge in [0.15, 0.2) is 0 Å². The van der Waals surface area contributed by atoms with E-state index in [9.17, 15) is 9.18 Å². The van der Waals surface area contributed by atoms with E-state index < -0.39 is 11.8 Å². The third-order valence-corrected chi connectivity index (χ3v) is 3.41. The van der Waals surface area contributed by atoms with E-state index in [0.29, 0.717) is 17.8 Å². The number of amides is 2. The first-order chi connectivity index (χ1) is 9.88. The summed E-state index contributed by atoms with van der Waals surface area (Å²) in [5, 5.41) is 14.2. The lowest BCUT2D eigenvalue weighted by molar-refractivity contribution is 0.222. The summed E-state index contributed by atoms with van der Waals surface area (Å²) in [7, 11) is 1.82. The monoisotopic (exact) mass is 297 g/mol. The number of carbonyl (C=O) groups is 1. The van der Waals surface area contributed by atoms with Crippen LogP contribution >= 0.6 is 0 Å². The third kappa shape index (κ3) is 4.90. The molecule has 0 aliphatic carbocycles. The van der Waals surface area contributed by atoms with E-state index in [0.717, 1.165) is 0 Å². The van der Waals surface area contributed by atoms with Gasteiger partial charge in [-0.25, -0.2) is 9.18 Å². The predicted molar refractivity (Wildman–Crippen MR) is 83.3 cm³/mol. The Morgan fingerprint density at radius 2 is 2.10 bits per heavy atom. The van der Waals surface area contributed by atoms with Crippen molar-refractivity contribution in [2.45, 2.75) is 39.3 Å². The molecule has 2 amide bonds. The number of nitrogens with zero attached hydrogens (tertiary/aromatic N) is 1. The number of aliphatic hydroxyl groups excluding tert-OH is 1. The van der Waals surface area contributed by atoms with E-state index in [1.54, 1.807) is 12.1 Å². The van der Waals surface area contributed by atoms with Gasteiger partial charge in [-0.2, -0.15) is 0 Å². The van der Waals surface area contributed by atoms with Crippen molar-refractivity contribution in [3.63, 3.8) is 0 Å². The zero-order chi connectivity index (χ0) is 16.0. The average molecular weight is 297 g/mol. The molecular formula is C15H24FN3O2. The van der Waals surface area contributed by atoms with E-state index in [-0.39, 0.29) is 18.7 Å². The normalized spacial score (nSPS) is 12.1. The van der Waals surface area contributed by atoms with Gasteiger partial charge < -0.3 is 20.6 Å². The lowest BCUT2D eigenvalue weighted by Gasteiger charge is -2.24. The van der Waals surface area contributed by atoms with Crippen LogP contribution in [-0.2, 0) is 0 Å². The van der Waals surface area contributed by atoms with Gasteiger partial charge in [-0.1, -0.05) is 6.92 Å². The summed E-state index contributed by atoms with van der Waals surface area (Å²) in [6, 6.07) is 3.98. The quantitative estimate of drug-likeness (QED) is 0.756. The molecule has 1 atom stereocenters. The van der Waals surface area contributed by atoms with Crippen LogP contribution in [0.4, 0.5) is 20.6 Å². The number of rotatable bonds is 6. The van der Waals surface area contributed by atoms with Gasteiger partial charge in [0.1, 0.15) is 5.82 Å². The van der Waals surface area contributed by atoms with Crippen LogP contribution in [0.25, 0.3) is 0 Å². The summed E-state index contributed by atoms with van der Waals surface area (Å²) in [5.41, 5.74) is 0.858. The highest BCUT2D eigenvalue weighted by molar-refractivity contribution is 5.89. The van der Waals surface area contributed by atoms with Gasteiger partial charge in [0, 0.05) is 18.8 Å². The van der Waals surface area contributed by atoms with Crippen LogP contribution in [0.3, 0.4) is 0 Å². The van der Waals surface area contributed by atoms with Crippen molar-refractivity contribution in [3.8, 4) is 0 Å². The minimum atomic E-state index is -0.458. The van der Waals surface area contributed by atoms with Crippen LogP contribution in [-0.4, -0.2) is 36.9 Å². The van der Waals surface area contributed by atoms with E-state index in [2.05, 4.69) is 10.6 Å². The minimum absolute atomic E-state index is 0.129. The molecule has 0 heterocycles. The zero-order valence-electron chi connectivity index (χ0n) is 13.0. The summed E-state index contributed by atoms with van der Waals surface area (Å²) in [6.45, 7) is 5.67. The molecule has 0 saturated heterocycles. The molecule has 0 bridgehead atoms. The molecule has 0 spiro atoms. The van der Waals surface area contributed by atoms with Crippen LogP contribution in [0, 0.1) is 5.82 Å². The number of anilines is 2. The van der Waals surface area contributed by atoms with E-state index in [1.165, 1.54) is 6.07 Å². The van der Waals surface area contributed by atoms with Crippen molar-refractivity contribution in [2.24, 2.45) is 0 Å². The number of hydrogen-bond acceptors (Lipinski definition) is 3. The molecule has 1 aromatic carbocycles. The van der Waals surface area contributed by atoms with Crippen LogP contribution < -0.4 is 15.5 Å². The van der Waals surface area contributed by atoms with Crippen molar-refractivity contribution in [1.29, 1.82) is 0 Å². The summed E-state index contributed by atoms with van der Waals surface area (Å²) in [4.78, 5) is 13.5. The second kappa shape index (κ2) is 7.83. The lowest BCUT2D eigenvalue weighted by Crippen LogP contribution is -2.39. The summed E-state index contributed by atoms with van der Waals surface area (Å²) >= 11 is 0. The summed E-state index contributed by atoms with van der Waals surface area (Å²) in [6.07, 6.45) is 0.621. The van der Waals surface area contributed by atoms with Crippen molar-refractivity contribution < 1.29 is 14.3 Å². The van der Waals surface area contributed by atoms with Crippen LogP contribution in [0.15, 0.2) is 18.2 Å². The maximum absolute atomic E-state index is 14.1. The summed E-state index contributed by atoms with van der Waals surface area (Å²) in [5.74, 6) is -0.391. The minimum Gasteiger partial charge on any atom is -0.394 e. The van der Waals surface area contributed by atoms with Crippen molar-refractivity contribution in [3.05, 3.63) is 24.0 Å². The van der Waals surface area contributed by atoms with Gasteiger partial charge >= 0.3 is 6.03 Å². The van der Waals surface area contributed by atoms with Crippen molar-refractivity contribution in [2.75, 3.05) is 23.9 Å². The fourth-order valence-electron chi connectivity index (χ4n) is 1.78. The molecule has 21 heavy (non-hydrogen) atoms. The molecule has 0 saturated carbocycles. The Bertz CT molecular complexity index is 476. The standard InChI is InChI=1S/C15H24FN3O2/c1-5-11(9-20)17-15(21)18-12-6-7-14(13(16)8-12)19(4)10(2)3/h6-8,10-11,20H,5,9H2,1-4H3,(H2,17,18,21). The van der Waals surface area contributed by atoms with Gasteiger partial charge in [-0.3, -0.25) is 0 Å². The molecule has 0 aromatic heterocycles. The number of benzene rings is 1. The lowest BCUT2D eigenvalue weighted by atomic mass is 10.2. The summed E-state index contributed by atoms with van der Waals surface area (Å²) < 4.78 is 14.1. The van der Waals surface area contributed by atoms with E-state index in [1.807, 2.05) is 32.7 Å². The highest BCUT2D eigenvalue weighted by atomic mass is 19.1. The Morgan fingerprint density at radius 3 is 2.57 bits per heavy atom. The van der Waals surface area contributed by atoms with Crippen LogP contribution in [0.2, 0.25) is 0 Å². The molecule has 3 N–H and O–H groups in total. The Morgan fingerprint density at radius 1 is 1.43 bits per heavy atom.